The van der Waals surface area contributed by atoms with Gasteiger partial charge < -0.3 is 5.32 Å². The number of nitrogens with zero attached hydrogens (tertiary/aromatic N) is 6. The first-order chi connectivity index (χ1) is 15.2. The van der Waals surface area contributed by atoms with Crippen LogP contribution in [-0.4, -0.2) is 35.8 Å². The van der Waals surface area contributed by atoms with Crippen LogP contribution >= 0.6 is 0 Å². The van der Waals surface area contributed by atoms with E-state index in [2.05, 4.69) is 31.0 Å². The number of hydrogen-bond acceptors (Lipinski definition) is 5. The second kappa shape index (κ2) is 8.07. The molecule has 31 heavy (non-hydrogen) atoms. The Hall–Kier alpha value is -4.53. The lowest BCUT2D eigenvalue weighted by atomic mass is 10.2. The van der Waals surface area contributed by atoms with Gasteiger partial charge in [-0.2, -0.15) is 5.10 Å². The average Bonchev–Trinajstić information content (AvgIpc) is 3.42. The van der Waals surface area contributed by atoms with Gasteiger partial charge in [0.15, 0.2) is 5.82 Å². The summed E-state index contributed by atoms with van der Waals surface area (Å²) in [7, 11) is 0. The molecule has 152 valence electrons. The maximum Gasteiger partial charge on any atom is 0.324 e. The van der Waals surface area contributed by atoms with Crippen molar-refractivity contribution in [3.8, 4) is 5.69 Å². The number of fused-ring (bicyclic) bond motifs is 1. The molecule has 9 heteroatoms. The second-order valence-corrected chi connectivity index (χ2v) is 6.88. The number of carbonyl (C=O) groups excluding carboxylic acids is 1. The van der Waals surface area contributed by atoms with Crippen molar-refractivity contribution in [2.75, 3.05) is 10.6 Å². The van der Waals surface area contributed by atoms with E-state index in [0.29, 0.717) is 18.1 Å². The van der Waals surface area contributed by atoms with Crippen molar-refractivity contribution in [3.05, 3.63) is 90.9 Å². The summed E-state index contributed by atoms with van der Waals surface area (Å²) >= 11 is 0. The van der Waals surface area contributed by atoms with Crippen molar-refractivity contribution in [1.29, 1.82) is 0 Å². The fraction of sp³-hybridized carbons (Fsp3) is 0.0455. The molecule has 0 aliphatic heterocycles. The van der Waals surface area contributed by atoms with Crippen LogP contribution in [0.3, 0.4) is 0 Å². The third-order valence-corrected chi connectivity index (χ3v) is 4.67. The van der Waals surface area contributed by atoms with Crippen LogP contribution in [0, 0.1) is 0 Å². The van der Waals surface area contributed by atoms with Gasteiger partial charge in [0, 0.05) is 30.3 Å². The number of rotatable bonds is 5. The van der Waals surface area contributed by atoms with Crippen LogP contribution in [-0.2, 0) is 6.54 Å². The van der Waals surface area contributed by atoms with E-state index in [1.807, 2.05) is 60.7 Å². The lowest BCUT2D eigenvalue weighted by Gasteiger charge is -2.07. The number of urea groups is 1. The molecule has 0 unspecified atom stereocenters. The molecule has 0 spiro atoms. The van der Waals surface area contributed by atoms with E-state index in [1.165, 1.54) is 0 Å². The quantitative estimate of drug-likeness (QED) is 0.460. The molecule has 3 aromatic heterocycles. The summed E-state index contributed by atoms with van der Waals surface area (Å²) in [6.45, 7) is 0.579. The topological polar surface area (TPSA) is 103 Å². The Morgan fingerprint density at radius 2 is 1.81 bits per heavy atom. The third-order valence-electron chi connectivity index (χ3n) is 4.67. The summed E-state index contributed by atoms with van der Waals surface area (Å²) in [5, 5.41) is 18.3. The Morgan fingerprint density at radius 1 is 0.935 bits per heavy atom. The molecule has 9 nitrogen and oxygen atoms in total. The summed E-state index contributed by atoms with van der Waals surface area (Å²) in [5.74, 6) is 0.465. The fourth-order valence-corrected chi connectivity index (χ4v) is 3.22. The predicted molar refractivity (Wildman–Crippen MR) is 117 cm³/mol. The molecule has 2 N–H and O–H groups in total. The molecule has 0 aliphatic carbocycles. The Kier molecular flexibility index (Phi) is 4.82. The number of amides is 2. The highest BCUT2D eigenvalue weighted by Gasteiger charge is 2.08. The molecule has 0 bridgehead atoms. The zero-order valence-corrected chi connectivity index (χ0v) is 16.4. The number of aromatic nitrogens is 6. The normalized spacial score (nSPS) is 10.8. The summed E-state index contributed by atoms with van der Waals surface area (Å²) in [6, 6.07) is 20.3. The molecular formula is C22H18N8O. The van der Waals surface area contributed by atoms with Crippen LogP contribution in [0.15, 0.2) is 85.3 Å². The minimum absolute atomic E-state index is 0.370. The number of nitrogens with one attached hydrogen (secondary N) is 2. The molecular weight excluding hydrogens is 392 g/mol. The van der Waals surface area contributed by atoms with Gasteiger partial charge in [0.2, 0.25) is 0 Å². The first-order valence-electron chi connectivity index (χ1n) is 9.66. The smallest absolute Gasteiger partial charge is 0.308 e. The van der Waals surface area contributed by atoms with Crippen molar-refractivity contribution in [1.82, 2.24) is 29.8 Å². The zero-order valence-electron chi connectivity index (χ0n) is 16.4. The first kappa shape index (κ1) is 18.5. The molecule has 2 aromatic carbocycles. The van der Waals surface area contributed by atoms with Gasteiger partial charge in [0.1, 0.15) is 5.52 Å². The van der Waals surface area contributed by atoms with Crippen LogP contribution in [0.2, 0.25) is 0 Å². The Bertz CT molecular complexity index is 1320. The van der Waals surface area contributed by atoms with Crippen LogP contribution in [0.5, 0.6) is 0 Å². The van der Waals surface area contributed by atoms with E-state index in [9.17, 15) is 4.79 Å². The standard InChI is InChI=1S/C22H18N8O/c31-22(25-21-11-13-29(27-21)15-16-4-3-12-23-14-16)24-17-7-9-18(10-8-17)30-20-6-2-1-5-19(20)26-28-30/h1-14H,15H2,(H2,24,25,27,31). The minimum atomic E-state index is -0.370. The lowest BCUT2D eigenvalue weighted by molar-refractivity contribution is 0.262. The van der Waals surface area contributed by atoms with E-state index in [-0.39, 0.29) is 6.03 Å². The van der Waals surface area contributed by atoms with E-state index in [4.69, 9.17) is 0 Å². The number of benzene rings is 2. The lowest BCUT2D eigenvalue weighted by Crippen LogP contribution is -2.20. The summed E-state index contributed by atoms with van der Waals surface area (Å²) in [6.07, 6.45) is 5.32. The number of para-hydroxylation sites is 1. The van der Waals surface area contributed by atoms with Gasteiger partial charge in [-0.3, -0.25) is 15.0 Å². The van der Waals surface area contributed by atoms with Gasteiger partial charge >= 0.3 is 6.03 Å². The maximum absolute atomic E-state index is 12.3. The van der Waals surface area contributed by atoms with Gasteiger partial charge in [-0.15, -0.1) is 5.10 Å². The van der Waals surface area contributed by atoms with Crippen LogP contribution < -0.4 is 10.6 Å². The summed E-state index contributed by atoms with van der Waals surface area (Å²) in [4.78, 5) is 16.4. The van der Waals surface area contributed by atoms with Gasteiger partial charge in [0.05, 0.1) is 17.7 Å². The number of pyridine rings is 1. The number of hydrogen-bond donors (Lipinski definition) is 2. The summed E-state index contributed by atoms with van der Waals surface area (Å²) < 4.78 is 3.50. The Balaban J connectivity index is 1.22. The zero-order chi connectivity index (χ0) is 21.0. The SMILES string of the molecule is O=C(Nc1ccc(-n2nnc3ccccc32)cc1)Nc1ccn(Cc2cccnc2)n1. The van der Waals surface area contributed by atoms with E-state index in [1.54, 1.807) is 34.0 Å². The van der Waals surface area contributed by atoms with E-state index in [0.717, 1.165) is 22.3 Å². The highest BCUT2D eigenvalue weighted by atomic mass is 16.2. The molecule has 3 heterocycles. The first-order valence-corrected chi connectivity index (χ1v) is 9.66. The van der Waals surface area contributed by atoms with Gasteiger partial charge in [-0.05, 0) is 48.0 Å². The second-order valence-electron chi connectivity index (χ2n) is 6.88. The van der Waals surface area contributed by atoms with E-state index < -0.39 is 0 Å². The maximum atomic E-state index is 12.3. The molecule has 0 saturated carbocycles. The predicted octanol–water partition coefficient (Wildman–Crippen LogP) is 3.70. The molecule has 5 rings (SSSR count). The van der Waals surface area contributed by atoms with Crippen molar-refractivity contribution in [3.63, 3.8) is 0 Å². The molecule has 2 amide bonds. The van der Waals surface area contributed by atoms with Crippen LogP contribution in [0.4, 0.5) is 16.3 Å². The molecule has 0 fully saturated rings. The monoisotopic (exact) mass is 410 g/mol. The van der Waals surface area contributed by atoms with Gasteiger partial charge in [-0.25, -0.2) is 9.48 Å². The van der Waals surface area contributed by atoms with Crippen molar-refractivity contribution < 1.29 is 4.79 Å². The average molecular weight is 410 g/mol. The highest BCUT2D eigenvalue weighted by Crippen LogP contribution is 2.18. The summed E-state index contributed by atoms with van der Waals surface area (Å²) in [5.41, 5.74) is 4.28. The molecule has 0 saturated heterocycles. The largest absolute Gasteiger partial charge is 0.324 e. The van der Waals surface area contributed by atoms with Crippen molar-refractivity contribution in [2.24, 2.45) is 0 Å². The minimum Gasteiger partial charge on any atom is -0.308 e. The molecule has 0 radical (unpaired) electrons. The third kappa shape index (κ3) is 4.10. The van der Waals surface area contributed by atoms with Gasteiger partial charge in [0.25, 0.3) is 0 Å². The molecule has 0 atom stereocenters. The number of carbonyl (C=O) groups is 1. The highest BCUT2D eigenvalue weighted by molar-refractivity contribution is 5.99. The van der Waals surface area contributed by atoms with Gasteiger partial charge in [-0.1, -0.05) is 23.4 Å². The van der Waals surface area contributed by atoms with Crippen molar-refractivity contribution >= 4 is 28.6 Å². The fourth-order valence-electron chi connectivity index (χ4n) is 3.22. The Labute approximate surface area is 177 Å². The van der Waals surface area contributed by atoms with Crippen LogP contribution in [0.1, 0.15) is 5.56 Å². The van der Waals surface area contributed by atoms with E-state index >= 15 is 0 Å². The van der Waals surface area contributed by atoms with Crippen LogP contribution in [0.25, 0.3) is 16.7 Å². The Morgan fingerprint density at radius 3 is 2.65 bits per heavy atom. The van der Waals surface area contributed by atoms with Crippen molar-refractivity contribution in [2.45, 2.75) is 6.54 Å². The number of anilines is 2. The molecule has 0 aliphatic rings. The molecule has 5 aromatic rings.